The van der Waals surface area contributed by atoms with Gasteiger partial charge in [-0.25, -0.2) is 0 Å². The molecule has 2 aliphatic carbocycles. The van der Waals surface area contributed by atoms with Gasteiger partial charge >= 0.3 is 5.97 Å². The highest BCUT2D eigenvalue weighted by atomic mass is 79.9. The second-order valence-electron chi connectivity index (χ2n) is 5.20. The molecular formula is C11H16Br2O2. The van der Waals surface area contributed by atoms with Gasteiger partial charge in [0.2, 0.25) is 0 Å². The van der Waals surface area contributed by atoms with Crippen LogP contribution in [0.25, 0.3) is 0 Å². The summed E-state index contributed by atoms with van der Waals surface area (Å²) >= 11 is 7.47. The molecule has 0 amide bonds. The molecule has 0 saturated heterocycles. The van der Waals surface area contributed by atoms with E-state index in [2.05, 4.69) is 38.8 Å². The molecule has 15 heavy (non-hydrogen) atoms. The number of hydrogen-bond donors (Lipinski definition) is 1. The van der Waals surface area contributed by atoms with E-state index in [1.807, 2.05) is 0 Å². The third-order valence-corrected chi connectivity index (χ3v) is 5.54. The van der Waals surface area contributed by atoms with Crippen LogP contribution in [0.3, 0.4) is 0 Å². The van der Waals surface area contributed by atoms with Gasteiger partial charge in [-0.05, 0) is 37.5 Å². The van der Waals surface area contributed by atoms with Crippen LogP contribution in [-0.2, 0) is 4.79 Å². The Morgan fingerprint density at radius 2 is 2.07 bits per heavy atom. The van der Waals surface area contributed by atoms with E-state index >= 15 is 0 Å². The van der Waals surface area contributed by atoms with E-state index in [1.165, 1.54) is 0 Å². The lowest BCUT2D eigenvalue weighted by atomic mass is 9.62. The molecule has 5 atom stereocenters. The quantitative estimate of drug-likeness (QED) is 0.743. The third-order valence-electron chi connectivity index (χ3n) is 3.87. The number of alkyl halides is 2. The van der Waals surface area contributed by atoms with E-state index in [4.69, 9.17) is 0 Å². The minimum absolute atomic E-state index is 0.143. The normalized spacial score (nSPS) is 50.1. The molecule has 0 radical (unpaired) electrons. The van der Waals surface area contributed by atoms with Crippen LogP contribution in [-0.4, -0.2) is 20.2 Å². The van der Waals surface area contributed by atoms with Crippen LogP contribution in [0.2, 0.25) is 0 Å². The first-order valence-electron chi connectivity index (χ1n) is 5.47. The van der Waals surface area contributed by atoms with Crippen molar-refractivity contribution < 1.29 is 9.90 Å². The van der Waals surface area contributed by atoms with E-state index in [0.717, 1.165) is 25.7 Å². The maximum atomic E-state index is 11.2. The largest absolute Gasteiger partial charge is 0.481 e. The zero-order valence-corrected chi connectivity index (χ0v) is 11.9. The van der Waals surface area contributed by atoms with Crippen molar-refractivity contribution in [2.24, 2.45) is 17.8 Å². The summed E-state index contributed by atoms with van der Waals surface area (Å²) in [7, 11) is 0. The number of carbonyl (C=O) groups is 1. The Kier molecular flexibility index (Phi) is 3.19. The number of aliphatic carboxylic acids is 1. The summed E-state index contributed by atoms with van der Waals surface area (Å²) < 4.78 is 0.190. The van der Waals surface area contributed by atoms with Gasteiger partial charge in [-0.2, -0.15) is 0 Å². The molecule has 0 spiro atoms. The van der Waals surface area contributed by atoms with Crippen LogP contribution in [0, 0.1) is 17.8 Å². The number of fused-ring (bicyclic) bond motifs is 2. The van der Waals surface area contributed by atoms with Gasteiger partial charge in [0.15, 0.2) is 0 Å². The number of rotatable bonds is 1. The SMILES string of the molecule is C[C@@H]1C[C@@]2(Br)CC(Br)C[C@@H](C2)C1C(=O)O. The maximum Gasteiger partial charge on any atom is 0.307 e. The molecule has 2 unspecified atom stereocenters. The van der Waals surface area contributed by atoms with E-state index in [-0.39, 0.29) is 10.2 Å². The van der Waals surface area contributed by atoms with Crippen molar-refractivity contribution in [2.75, 3.05) is 0 Å². The number of carboxylic acids is 1. The topological polar surface area (TPSA) is 37.3 Å². The molecule has 0 aliphatic heterocycles. The fourth-order valence-corrected chi connectivity index (χ4v) is 6.35. The van der Waals surface area contributed by atoms with Crippen molar-refractivity contribution in [1.82, 2.24) is 0 Å². The summed E-state index contributed by atoms with van der Waals surface area (Å²) in [6.07, 6.45) is 4.15. The standard InChI is InChI=1S/C11H16Br2O2/c1-6-3-11(13)4-7(2-8(12)5-11)9(6)10(14)15/h6-9H,2-5H2,1H3,(H,14,15)/t6-,7+,8?,9?,11+/m1/s1. The van der Waals surface area contributed by atoms with Gasteiger partial charge in [0.25, 0.3) is 0 Å². The van der Waals surface area contributed by atoms with Crippen LogP contribution in [0.4, 0.5) is 0 Å². The Morgan fingerprint density at radius 1 is 1.40 bits per heavy atom. The maximum absolute atomic E-state index is 11.2. The Morgan fingerprint density at radius 3 is 2.67 bits per heavy atom. The van der Waals surface area contributed by atoms with Gasteiger partial charge in [0, 0.05) is 9.15 Å². The predicted molar refractivity (Wildman–Crippen MR) is 66.6 cm³/mol. The Balaban J connectivity index is 2.22. The van der Waals surface area contributed by atoms with Crippen LogP contribution < -0.4 is 0 Å². The number of halogens is 2. The first-order valence-corrected chi connectivity index (χ1v) is 7.18. The first kappa shape index (κ1) is 11.9. The van der Waals surface area contributed by atoms with E-state index < -0.39 is 5.97 Å². The molecule has 0 aromatic rings. The Hall–Kier alpha value is 0.430. The average Bonchev–Trinajstić information content (AvgIpc) is 1.97. The first-order chi connectivity index (χ1) is 6.91. The van der Waals surface area contributed by atoms with Crippen molar-refractivity contribution in [3.05, 3.63) is 0 Å². The molecule has 2 bridgehead atoms. The Labute approximate surface area is 107 Å². The molecule has 2 rings (SSSR count). The van der Waals surface area contributed by atoms with Crippen molar-refractivity contribution in [2.45, 2.75) is 41.8 Å². The van der Waals surface area contributed by atoms with Gasteiger partial charge < -0.3 is 5.11 Å². The van der Waals surface area contributed by atoms with Gasteiger partial charge in [0.1, 0.15) is 0 Å². The Bertz CT molecular complexity index is 278. The zero-order valence-electron chi connectivity index (χ0n) is 8.75. The van der Waals surface area contributed by atoms with E-state index in [0.29, 0.717) is 16.7 Å². The lowest BCUT2D eigenvalue weighted by molar-refractivity contribution is -0.148. The smallest absolute Gasteiger partial charge is 0.307 e. The number of carboxylic acid groups (broad SMARTS) is 1. The summed E-state index contributed by atoms with van der Waals surface area (Å²) in [6.45, 7) is 2.08. The van der Waals surface area contributed by atoms with Gasteiger partial charge in [-0.15, -0.1) is 0 Å². The van der Waals surface area contributed by atoms with E-state index in [1.54, 1.807) is 0 Å². The highest BCUT2D eigenvalue weighted by Crippen LogP contribution is 2.53. The van der Waals surface area contributed by atoms with Crippen molar-refractivity contribution >= 4 is 37.8 Å². The molecule has 4 heteroatoms. The zero-order chi connectivity index (χ0) is 11.2. The molecule has 0 heterocycles. The number of hydrogen-bond acceptors (Lipinski definition) is 1. The molecule has 0 aromatic heterocycles. The van der Waals surface area contributed by atoms with Crippen LogP contribution in [0.1, 0.15) is 32.6 Å². The molecule has 2 nitrogen and oxygen atoms in total. The minimum atomic E-state index is -0.608. The lowest BCUT2D eigenvalue weighted by Crippen LogP contribution is -2.48. The summed E-state index contributed by atoms with van der Waals surface area (Å²) in [5.41, 5.74) is 0. The molecule has 2 fully saturated rings. The van der Waals surface area contributed by atoms with Gasteiger partial charge in [-0.3, -0.25) is 4.79 Å². The van der Waals surface area contributed by atoms with Gasteiger partial charge in [-0.1, -0.05) is 38.8 Å². The van der Waals surface area contributed by atoms with Crippen molar-refractivity contribution in [3.63, 3.8) is 0 Å². The second-order valence-corrected chi connectivity index (χ2v) is 8.17. The third kappa shape index (κ3) is 2.26. The fourth-order valence-electron chi connectivity index (χ4n) is 3.50. The predicted octanol–water partition coefficient (Wildman–Crippen LogP) is 3.42. The average molecular weight is 340 g/mol. The van der Waals surface area contributed by atoms with Crippen LogP contribution in [0.15, 0.2) is 0 Å². The summed E-state index contributed by atoms with van der Waals surface area (Å²) in [4.78, 5) is 11.7. The highest BCUT2D eigenvalue weighted by Gasteiger charge is 2.50. The molecular weight excluding hydrogens is 324 g/mol. The molecule has 0 aromatic carbocycles. The second kappa shape index (κ2) is 4.02. The summed E-state index contributed by atoms with van der Waals surface area (Å²) in [5.74, 6) is -0.121. The van der Waals surface area contributed by atoms with Crippen molar-refractivity contribution in [3.8, 4) is 0 Å². The van der Waals surface area contributed by atoms with E-state index in [9.17, 15) is 9.90 Å². The molecule has 2 aliphatic rings. The minimum Gasteiger partial charge on any atom is -0.481 e. The summed E-state index contributed by atoms with van der Waals surface area (Å²) in [5, 5.41) is 9.26. The molecule has 2 saturated carbocycles. The monoisotopic (exact) mass is 338 g/mol. The van der Waals surface area contributed by atoms with Gasteiger partial charge in [0.05, 0.1) is 5.92 Å². The highest BCUT2D eigenvalue weighted by molar-refractivity contribution is 9.10. The molecule has 1 N–H and O–H groups in total. The van der Waals surface area contributed by atoms with Crippen LogP contribution >= 0.6 is 31.9 Å². The molecule has 86 valence electrons. The summed E-state index contributed by atoms with van der Waals surface area (Å²) in [6, 6.07) is 0. The lowest BCUT2D eigenvalue weighted by Gasteiger charge is -2.49. The fraction of sp³-hybridized carbons (Fsp3) is 0.909. The van der Waals surface area contributed by atoms with Crippen LogP contribution in [0.5, 0.6) is 0 Å². The van der Waals surface area contributed by atoms with Crippen molar-refractivity contribution in [1.29, 1.82) is 0 Å².